The summed E-state index contributed by atoms with van der Waals surface area (Å²) in [4.78, 5) is 19.4. The van der Waals surface area contributed by atoms with Gasteiger partial charge in [0.2, 0.25) is 5.82 Å². The zero-order valence-corrected chi connectivity index (χ0v) is 19.6. The molecule has 4 aromatic rings. The molecule has 174 valence electrons. The van der Waals surface area contributed by atoms with Gasteiger partial charge in [-0.3, -0.25) is 4.79 Å². The second-order valence-corrected chi connectivity index (χ2v) is 8.15. The van der Waals surface area contributed by atoms with E-state index in [1.807, 2.05) is 42.5 Å². The highest BCUT2D eigenvalue weighted by Crippen LogP contribution is 2.34. The highest BCUT2D eigenvalue weighted by atomic mass is 35.5. The molecule has 10 heteroatoms. The fraction of sp³-hybridized carbons (Fsp3) is 0.167. The average Bonchev–Trinajstić information content (AvgIpc) is 3.31. The van der Waals surface area contributed by atoms with Crippen LogP contribution in [0.15, 0.2) is 59.3 Å². The number of nitrogens with zero attached hydrogens (tertiary/aromatic N) is 3. The molecule has 0 aliphatic rings. The minimum Gasteiger partial charge on any atom is -0.481 e. The molecular weight excluding hydrogens is 479 g/mol. The quantitative estimate of drug-likeness (QED) is 0.297. The highest BCUT2D eigenvalue weighted by Gasteiger charge is 2.16. The largest absolute Gasteiger partial charge is 0.481 e. The predicted octanol–water partition coefficient (Wildman–Crippen LogP) is 5.81. The molecule has 0 aliphatic carbocycles. The molecule has 0 aliphatic heterocycles. The molecule has 8 nitrogen and oxygen atoms in total. The van der Waals surface area contributed by atoms with Crippen molar-refractivity contribution in [2.24, 2.45) is 0 Å². The monoisotopic (exact) mass is 498 g/mol. The normalized spacial score (nSPS) is 10.9. The Kier molecular flexibility index (Phi) is 7.42. The summed E-state index contributed by atoms with van der Waals surface area (Å²) in [6.07, 6.45) is 1.49. The van der Waals surface area contributed by atoms with E-state index in [9.17, 15) is 4.79 Å². The van der Waals surface area contributed by atoms with Crippen molar-refractivity contribution in [2.45, 2.75) is 13.0 Å². The number of carboxylic acid groups (broad SMARTS) is 1. The van der Waals surface area contributed by atoms with Crippen LogP contribution in [0.25, 0.3) is 34.0 Å². The molecule has 0 unspecified atom stereocenters. The van der Waals surface area contributed by atoms with Gasteiger partial charge in [-0.25, -0.2) is 4.98 Å². The van der Waals surface area contributed by atoms with Crippen LogP contribution in [0.3, 0.4) is 0 Å². The molecule has 0 bridgehead atoms. The average molecular weight is 499 g/mol. The highest BCUT2D eigenvalue weighted by molar-refractivity contribution is 6.33. The molecule has 2 heterocycles. The third-order valence-corrected chi connectivity index (χ3v) is 5.59. The van der Waals surface area contributed by atoms with Crippen molar-refractivity contribution in [3.63, 3.8) is 0 Å². The number of pyridine rings is 1. The Morgan fingerprint density at radius 2 is 1.91 bits per heavy atom. The second-order valence-electron chi connectivity index (χ2n) is 7.33. The molecule has 0 radical (unpaired) electrons. The number of halogens is 2. The number of anilines is 1. The van der Waals surface area contributed by atoms with Crippen LogP contribution in [0.2, 0.25) is 10.0 Å². The van der Waals surface area contributed by atoms with Crippen molar-refractivity contribution in [3.05, 3.63) is 70.3 Å². The van der Waals surface area contributed by atoms with Gasteiger partial charge in [-0.05, 0) is 35.4 Å². The minimum atomic E-state index is -0.909. The lowest BCUT2D eigenvalue weighted by Crippen LogP contribution is -2.08. The Hall–Kier alpha value is -3.46. The molecule has 0 atom stereocenters. The van der Waals surface area contributed by atoms with Gasteiger partial charge in [-0.2, -0.15) is 4.98 Å². The summed E-state index contributed by atoms with van der Waals surface area (Å²) in [5, 5.41) is 16.7. The number of rotatable bonds is 9. The third kappa shape index (κ3) is 5.36. The maximum Gasteiger partial charge on any atom is 0.305 e. The summed E-state index contributed by atoms with van der Waals surface area (Å²) in [7, 11) is 1.63. The summed E-state index contributed by atoms with van der Waals surface area (Å²) >= 11 is 12.7. The van der Waals surface area contributed by atoms with Crippen LogP contribution in [0.4, 0.5) is 5.82 Å². The van der Waals surface area contributed by atoms with Crippen molar-refractivity contribution >= 4 is 35.0 Å². The van der Waals surface area contributed by atoms with Gasteiger partial charge in [0.15, 0.2) is 0 Å². The van der Waals surface area contributed by atoms with E-state index < -0.39 is 5.97 Å². The number of carbonyl (C=O) groups is 1. The van der Waals surface area contributed by atoms with Gasteiger partial charge >= 0.3 is 5.97 Å². The number of aromatic nitrogens is 3. The van der Waals surface area contributed by atoms with Crippen LogP contribution >= 0.6 is 23.2 Å². The number of nitrogens with one attached hydrogen (secondary N) is 1. The molecule has 2 aromatic carbocycles. The summed E-state index contributed by atoms with van der Waals surface area (Å²) in [5.41, 5.74) is 4.08. The van der Waals surface area contributed by atoms with Crippen LogP contribution in [0.1, 0.15) is 12.0 Å². The van der Waals surface area contributed by atoms with Gasteiger partial charge in [-0.15, -0.1) is 0 Å². The lowest BCUT2D eigenvalue weighted by molar-refractivity contribution is -0.136. The zero-order chi connectivity index (χ0) is 24.1. The summed E-state index contributed by atoms with van der Waals surface area (Å²) in [6.45, 7) is 0.590. The number of hydrogen-bond acceptors (Lipinski definition) is 7. The Morgan fingerprint density at radius 1 is 1.09 bits per heavy atom. The molecule has 2 N–H and O–H groups in total. The molecule has 0 amide bonds. The van der Waals surface area contributed by atoms with Crippen LogP contribution in [-0.2, 0) is 16.1 Å². The Balaban J connectivity index is 1.59. The van der Waals surface area contributed by atoms with E-state index in [0.717, 1.165) is 22.3 Å². The summed E-state index contributed by atoms with van der Waals surface area (Å²) in [6, 6.07) is 15.0. The Bertz CT molecular complexity index is 1330. The predicted molar refractivity (Wildman–Crippen MR) is 130 cm³/mol. The van der Waals surface area contributed by atoms with Gasteiger partial charge in [0.25, 0.3) is 5.89 Å². The standard InChI is InChI=1S/C24H20Cl2N4O4/c1-33-13-16-10-14(6-7-17(16)18-4-2-3-5-19(18)25)24-29-22(30-34-24)15-11-20(26)23(28-12-15)27-9-8-21(31)32/h2-7,10-12H,8-9,13H2,1H3,(H,27,28)(H,31,32). The van der Waals surface area contributed by atoms with E-state index in [4.69, 9.17) is 37.6 Å². The lowest BCUT2D eigenvalue weighted by atomic mass is 9.97. The Labute approximate surface area is 205 Å². The van der Waals surface area contributed by atoms with Crippen molar-refractivity contribution in [3.8, 4) is 34.0 Å². The number of methoxy groups -OCH3 is 1. The maximum atomic E-state index is 10.7. The number of carboxylic acids is 1. The Morgan fingerprint density at radius 3 is 2.65 bits per heavy atom. The third-order valence-electron chi connectivity index (χ3n) is 4.97. The molecule has 34 heavy (non-hydrogen) atoms. The van der Waals surface area contributed by atoms with Crippen molar-refractivity contribution in [1.29, 1.82) is 0 Å². The van der Waals surface area contributed by atoms with Crippen LogP contribution in [0, 0.1) is 0 Å². The molecule has 0 saturated carbocycles. The van der Waals surface area contributed by atoms with Gasteiger partial charge in [0.05, 0.1) is 18.1 Å². The molecular formula is C24H20Cl2N4O4. The van der Waals surface area contributed by atoms with Crippen molar-refractivity contribution < 1.29 is 19.2 Å². The molecule has 0 fully saturated rings. The first kappa shape index (κ1) is 23.7. The first-order valence-electron chi connectivity index (χ1n) is 10.3. The van der Waals surface area contributed by atoms with Crippen molar-refractivity contribution in [2.75, 3.05) is 19.0 Å². The van der Waals surface area contributed by atoms with E-state index >= 15 is 0 Å². The second kappa shape index (κ2) is 10.6. The summed E-state index contributed by atoms with van der Waals surface area (Å²) < 4.78 is 10.9. The van der Waals surface area contributed by atoms with E-state index in [1.54, 1.807) is 19.4 Å². The zero-order valence-electron chi connectivity index (χ0n) is 18.1. The van der Waals surface area contributed by atoms with E-state index in [1.165, 1.54) is 0 Å². The van der Waals surface area contributed by atoms with Gasteiger partial charge < -0.3 is 19.7 Å². The minimum absolute atomic E-state index is 0.0473. The van der Waals surface area contributed by atoms with Crippen LogP contribution in [0.5, 0.6) is 0 Å². The number of aliphatic carboxylic acids is 1. The van der Waals surface area contributed by atoms with Gasteiger partial charge in [0.1, 0.15) is 5.82 Å². The van der Waals surface area contributed by atoms with Crippen molar-refractivity contribution in [1.82, 2.24) is 15.1 Å². The van der Waals surface area contributed by atoms with Crippen LogP contribution < -0.4 is 5.32 Å². The maximum absolute atomic E-state index is 10.7. The molecule has 0 spiro atoms. The first-order valence-corrected chi connectivity index (χ1v) is 11.0. The summed E-state index contributed by atoms with van der Waals surface area (Å²) in [5.74, 6) is 0.130. The molecule has 2 aromatic heterocycles. The number of ether oxygens (including phenoxy) is 1. The lowest BCUT2D eigenvalue weighted by Gasteiger charge is -2.11. The van der Waals surface area contributed by atoms with Gasteiger partial charge in [0, 0.05) is 41.6 Å². The first-order chi connectivity index (χ1) is 16.5. The SMILES string of the molecule is COCc1cc(-c2nc(-c3cnc(NCCC(=O)O)c(Cl)c3)no2)ccc1-c1ccccc1Cl. The fourth-order valence-electron chi connectivity index (χ4n) is 3.38. The van der Waals surface area contributed by atoms with Gasteiger partial charge in [-0.1, -0.05) is 52.6 Å². The number of benzene rings is 2. The van der Waals surface area contributed by atoms with E-state index in [0.29, 0.717) is 39.7 Å². The fourth-order valence-corrected chi connectivity index (χ4v) is 3.85. The molecule has 4 rings (SSSR count). The van der Waals surface area contributed by atoms with E-state index in [-0.39, 0.29) is 13.0 Å². The topological polar surface area (TPSA) is 110 Å². The smallest absolute Gasteiger partial charge is 0.305 e. The van der Waals surface area contributed by atoms with E-state index in [2.05, 4.69) is 20.4 Å². The number of hydrogen-bond donors (Lipinski definition) is 2. The van der Waals surface area contributed by atoms with Crippen LogP contribution in [-0.4, -0.2) is 39.9 Å². The molecule has 0 saturated heterocycles.